The Kier molecular flexibility index (Phi) is 3.43. The van der Waals surface area contributed by atoms with Gasteiger partial charge in [-0.15, -0.1) is 0 Å². The SMILES string of the molecule is Oc1cnccc1-c1[nH]c2cccnc2c1-c1cc(Cl)ccc1F. The average molecular weight is 340 g/mol. The second-order valence-electron chi connectivity index (χ2n) is 5.29. The maximum Gasteiger partial charge on any atom is 0.143 e. The first-order chi connectivity index (χ1) is 11.6. The number of fused-ring (bicyclic) bond motifs is 1. The topological polar surface area (TPSA) is 61.8 Å². The van der Waals surface area contributed by atoms with E-state index >= 15 is 0 Å². The van der Waals surface area contributed by atoms with Crippen molar-refractivity contribution in [1.29, 1.82) is 0 Å². The van der Waals surface area contributed by atoms with Gasteiger partial charge in [-0.25, -0.2) is 4.39 Å². The molecule has 4 aromatic rings. The van der Waals surface area contributed by atoms with Gasteiger partial charge in [0, 0.05) is 34.1 Å². The van der Waals surface area contributed by atoms with E-state index in [0.29, 0.717) is 32.9 Å². The Labute approximate surface area is 141 Å². The third-order valence-corrected chi connectivity index (χ3v) is 4.06. The Morgan fingerprint density at radius 3 is 2.79 bits per heavy atom. The minimum Gasteiger partial charge on any atom is -0.506 e. The summed E-state index contributed by atoms with van der Waals surface area (Å²) < 4.78 is 14.5. The largest absolute Gasteiger partial charge is 0.506 e. The zero-order valence-corrected chi connectivity index (χ0v) is 13.0. The Hall–Kier alpha value is -2.92. The van der Waals surface area contributed by atoms with Crippen molar-refractivity contribution in [2.75, 3.05) is 0 Å². The molecule has 0 unspecified atom stereocenters. The van der Waals surface area contributed by atoms with Crippen molar-refractivity contribution in [2.45, 2.75) is 0 Å². The molecule has 0 saturated carbocycles. The van der Waals surface area contributed by atoms with E-state index in [0.717, 1.165) is 5.52 Å². The van der Waals surface area contributed by atoms with Crippen LogP contribution in [0.1, 0.15) is 0 Å². The van der Waals surface area contributed by atoms with Crippen molar-refractivity contribution in [3.63, 3.8) is 0 Å². The summed E-state index contributed by atoms with van der Waals surface area (Å²) in [4.78, 5) is 11.5. The van der Waals surface area contributed by atoms with Crippen LogP contribution in [0.3, 0.4) is 0 Å². The van der Waals surface area contributed by atoms with Crippen LogP contribution in [0.4, 0.5) is 4.39 Å². The summed E-state index contributed by atoms with van der Waals surface area (Å²) in [5, 5.41) is 10.6. The van der Waals surface area contributed by atoms with E-state index in [1.165, 1.54) is 18.3 Å². The molecule has 3 heterocycles. The molecule has 3 aromatic heterocycles. The summed E-state index contributed by atoms with van der Waals surface area (Å²) in [6.45, 7) is 0. The quantitative estimate of drug-likeness (QED) is 0.552. The minimum atomic E-state index is -0.416. The number of H-pyrrole nitrogens is 1. The van der Waals surface area contributed by atoms with Gasteiger partial charge in [0.25, 0.3) is 0 Å². The summed E-state index contributed by atoms with van der Waals surface area (Å²) in [7, 11) is 0. The molecule has 24 heavy (non-hydrogen) atoms. The van der Waals surface area contributed by atoms with Crippen molar-refractivity contribution >= 4 is 22.6 Å². The molecular weight excluding hydrogens is 329 g/mol. The zero-order valence-electron chi connectivity index (χ0n) is 12.3. The lowest BCUT2D eigenvalue weighted by Crippen LogP contribution is -1.89. The first-order valence-corrected chi connectivity index (χ1v) is 7.58. The van der Waals surface area contributed by atoms with Gasteiger partial charge in [-0.3, -0.25) is 9.97 Å². The van der Waals surface area contributed by atoms with E-state index in [2.05, 4.69) is 15.0 Å². The van der Waals surface area contributed by atoms with Crippen molar-refractivity contribution in [3.05, 3.63) is 65.8 Å². The average Bonchev–Trinajstić information content (AvgIpc) is 2.96. The molecule has 4 nitrogen and oxygen atoms in total. The van der Waals surface area contributed by atoms with Gasteiger partial charge in [0.2, 0.25) is 0 Å². The van der Waals surface area contributed by atoms with E-state index in [1.807, 2.05) is 6.07 Å². The molecule has 0 aliphatic carbocycles. The van der Waals surface area contributed by atoms with Crippen LogP contribution in [-0.4, -0.2) is 20.1 Å². The monoisotopic (exact) mass is 339 g/mol. The predicted octanol–water partition coefficient (Wildman–Crippen LogP) is 4.79. The van der Waals surface area contributed by atoms with Gasteiger partial charge in [0.05, 0.1) is 22.9 Å². The van der Waals surface area contributed by atoms with Crippen LogP contribution >= 0.6 is 11.6 Å². The van der Waals surface area contributed by atoms with E-state index in [4.69, 9.17) is 11.6 Å². The van der Waals surface area contributed by atoms with Crippen LogP contribution in [0.2, 0.25) is 5.02 Å². The van der Waals surface area contributed by atoms with Crippen molar-refractivity contribution in [2.24, 2.45) is 0 Å². The zero-order chi connectivity index (χ0) is 16.7. The highest BCUT2D eigenvalue weighted by Gasteiger charge is 2.20. The van der Waals surface area contributed by atoms with E-state index in [9.17, 15) is 9.50 Å². The van der Waals surface area contributed by atoms with Gasteiger partial charge in [-0.2, -0.15) is 0 Å². The van der Waals surface area contributed by atoms with Crippen LogP contribution < -0.4 is 0 Å². The number of hydrogen-bond donors (Lipinski definition) is 2. The normalized spacial score (nSPS) is 11.1. The number of nitrogens with zero attached hydrogens (tertiary/aromatic N) is 2. The Balaban J connectivity index is 2.12. The lowest BCUT2D eigenvalue weighted by molar-refractivity contribution is 0.474. The van der Waals surface area contributed by atoms with Crippen molar-refractivity contribution < 1.29 is 9.50 Å². The molecule has 0 radical (unpaired) electrons. The molecule has 4 rings (SSSR count). The second-order valence-corrected chi connectivity index (χ2v) is 5.73. The van der Waals surface area contributed by atoms with Crippen LogP contribution in [0, 0.1) is 5.82 Å². The molecule has 6 heteroatoms. The molecule has 0 aliphatic heterocycles. The molecule has 0 atom stereocenters. The molecule has 2 N–H and O–H groups in total. The fourth-order valence-corrected chi connectivity index (χ4v) is 2.94. The molecule has 0 saturated heterocycles. The number of aromatic amines is 1. The van der Waals surface area contributed by atoms with Gasteiger partial charge in [0.1, 0.15) is 11.6 Å². The molecule has 0 fully saturated rings. The summed E-state index contributed by atoms with van der Waals surface area (Å²) in [5.41, 5.74) is 3.27. The van der Waals surface area contributed by atoms with Gasteiger partial charge >= 0.3 is 0 Å². The second kappa shape index (κ2) is 5.62. The summed E-state index contributed by atoms with van der Waals surface area (Å²) in [6.07, 6.45) is 4.54. The van der Waals surface area contributed by atoms with Crippen molar-refractivity contribution in [1.82, 2.24) is 15.0 Å². The van der Waals surface area contributed by atoms with Gasteiger partial charge < -0.3 is 10.1 Å². The maximum absolute atomic E-state index is 14.5. The first-order valence-electron chi connectivity index (χ1n) is 7.20. The smallest absolute Gasteiger partial charge is 0.143 e. The maximum atomic E-state index is 14.5. The highest BCUT2D eigenvalue weighted by atomic mass is 35.5. The third kappa shape index (κ3) is 2.30. The molecule has 0 amide bonds. The van der Waals surface area contributed by atoms with E-state index in [1.54, 1.807) is 30.6 Å². The lowest BCUT2D eigenvalue weighted by atomic mass is 10.00. The molecule has 0 spiro atoms. The number of nitrogens with one attached hydrogen (secondary N) is 1. The van der Waals surface area contributed by atoms with Crippen molar-refractivity contribution in [3.8, 4) is 28.1 Å². The number of benzene rings is 1. The highest BCUT2D eigenvalue weighted by molar-refractivity contribution is 6.31. The van der Waals surface area contributed by atoms with E-state index in [-0.39, 0.29) is 5.75 Å². The van der Waals surface area contributed by atoms with Gasteiger partial charge in [-0.05, 0) is 36.4 Å². The van der Waals surface area contributed by atoms with Crippen LogP contribution in [0.15, 0.2) is 55.0 Å². The lowest BCUT2D eigenvalue weighted by Gasteiger charge is -2.08. The third-order valence-electron chi connectivity index (χ3n) is 3.82. The molecule has 0 bridgehead atoms. The Bertz CT molecular complexity index is 1060. The van der Waals surface area contributed by atoms with Crippen LogP contribution in [0.25, 0.3) is 33.4 Å². The van der Waals surface area contributed by atoms with Gasteiger partial charge in [0.15, 0.2) is 0 Å². The number of halogens is 2. The van der Waals surface area contributed by atoms with Crippen LogP contribution in [0.5, 0.6) is 5.75 Å². The number of hydrogen-bond acceptors (Lipinski definition) is 3. The molecule has 0 aliphatic rings. The standard InChI is InChI=1S/C18H11ClFN3O/c19-10-3-4-13(20)12(8-10)16-17(11-5-7-21-9-15(11)24)23-14-2-1-6-22-18(14)16/h1-9,23-24H. The fourth-order valence-electron chi connectivity index (χ4n) is 2.77. The Morgan fingerprint density at radius 2 is 1.96 bits per heavy atom. The predicted molar refractivity (Wildman–Crippen MR) is 91.4 cm³/mol. The number of aromatic hydroxyl groups is 1. The molecule has 118 valence electrons. The summed E-state index contributed by atoms with van der Waals surface area (Å²) in [6, 6.07) is 9.65. The molecule has 1 aromatic carbocycles. The molecular formula is C18H11ClFN3O. The number of aromatic nitrogens is 3. The number of rotatable bonds is 2. The van der Waals surface area contributed by atoms with E-state index < -0.39 is 5.82 Å². The minimum absolute atomic E-state index is 0.00672. The summed E-state index contributed by atoms with van der Waals surface area (Å²) in [5.74, 6) is -0.423. The Morgan fingerprint density at radius 1 is 1.08 bits per heavy atom. The first kappa shape index (κ1) is 14.7. The fraction of sp³-hybridized carbons (Fsp3) is 0. The highest BCUT2D eigenvalue weighted by Crippen LogP contribution is 2.41. The summed E-state index contributed by atoms with van der Waals surface area (Å²) >= 11 is 6.06. The number of pyridine rings is 2. The van der Waals surface area contributed by atoms with Gasteiger partial charge in [-0.1, -0.05) is 11.6 Å². The van der Waals surface area contributed by atoms with Crippen LogP contribution in [-0.2, 0) is 0 Å².